The molecule has 0 saturated carbocycles. The Labute approximate surface area is 94.9 Å². The molecule has 92 valence electrons. The van der Waals surface area contributed by atoms with Crippen molar-refractivity contribution in [2.24, 2.45) is 0 Å². The Hall–Kier alpha value is -0.790. The molecule has 0 fully saturated rings. The quantitative estimate of drug-likeness (QED) is 0.842. The van der Waals surface area contributed by atoms with Gasteiger partial charge in [0.05, 0.1) is 12.0 Å². The second-order valence-corrected chi connectivity index (χ2v) is 4.10. The van der Waals surface area contributed by atoms with E-state index in [1.165, 1.54) is 18.4 Å². The average molecular weight is 255 g/mol. The Balaban J connectivity index is 2.36. The predicted molar refractivity (Wildman–Crippen MR) is 54.6 cm³/mol. The minimum Gasteiger partial charge on any atom is -0.496 e. The fourth-order valence-corrected chi connectivity index (χ4v) is 1.89. The largest absolute Gasteiger partial charge is 0.496 e. The number of hydrogen-bond acceptors (Lipinski definition) is 4. The first kappa shape index (κ1) is 13.3. The summed E-state index contributed by atoms with van der Waals surface area (Å²) in [6, 6.07) is 1.74. The van der Waals surface area contributed by atoms with Gasteiger partial charge in [-0.25, -0.2) is 0 Å². The molecule has 1 aromatic rings. The minimum atomic E-state index is -4.58. The van der Waals surface area contributed by atoms with Gasteiger partial charge in [0.2, 0.25) is 0 Å². The monoisotopic (exact) mass is 255 g/mol. The maximum atomic E-state index is 11.9. The summed E-state index contributed by atoms with van der Waals surface area (Å²) >= 11 is 1.38. The Morgan fingerprint density at radius 2 is 2.25 bits per heavy atom. The topological polar surface area (TPSA) is 41.5 Å². The number of ether oxygens (including phenoxy) is 1. The smallest absolute Gasteiger partial charge is 0.415 e. The van der Waals surface area contributed by atoms with Crippen LogP contribution in [0, 0.1) is 0 Å². The number of rotatable bonds is 5. The Morgan fingerprint density at radius 3 is 2.81 bits per heavy atom. The van der Waals surface area contributed by atoms with Crippen LogP contribution in [0.15, 0.2) is 11.4 Å². The van der Waals surface area contributed by atoms with Crippen LogP contribution in [-0.4, -0.2) is 31.0 Å². The van der Waals surface area contributed by atoms with Gasteiger partial charge in [-0.3, -0.25) is 0 Å². The fourth-order valence-electron chi connectivity index (χ4n) is 1.08. The predicted octanol–water partition coefficient (Wildman–Crippen LogP) is 1.77. The summed E-state index contributed by atoms with van der Waals surface area (Å²) in [7, 11) is 1.50. The first-order valence-electron chi connectivity index (χ1n) is 4.51. The van der Waals surface area contributed by atoms with Crippen LogP contribution in [0.25, 0.3) is 0 Å². The SMILES string of the molecule is COc1ccsc1CNCC(O)C(F)(F)F. The summed E-state index contributed by atoms with van der Waals surface area (Å²) in [6.45, 7) is -0.279. The van der Waals surface area contributed by atoms with E-state index >= 15 is 0 Å². The Kier molecular flexibility index (Phi) is 4.57. The van der Waals surface area contributed by atoms with E-state index in [0.29, 0.717) is 5.75 Å². The van der Waals surface area contributed by atoms with Gasteiger partial charge in [-0.1, -0.05) is 0 Å². The second-order valence-electron chi connectivity index (χ2n) is 3.10. The number of aliphatic hydroxyl groups is 1. The number of methoxy groups -OCH3 is 1. The molecule has 0 aliphatic rings. The highest BCUT2D eigenvalue weighted by atomic mass is 32.1. The molecule has 0 aromatic carbocycles. The zero-order chi connectivity index (χ0) is 12.2. The second kappa shape index (κ2) is 5.51. The molecule has 0 spiro atoms. The van der Waals surface area contributed by atoms with Crippen molar-refractivity contribution in [2.45, 2.75) is 18.8 Å². The number of thiophene rings is 1. The van der Waals surface area contributed by atoms with Crippen LogP contribution in [0.2, 0.25) is 0 Å². The lowest BCUT2D eigenvalue weighted by Gasteiger charge is -2.14. The van der Waals surface area contributed by atoms with Gasteiger partial charge in [0, 0.05) is 13.1 Å². The molecule has 1 unspecified atom stereocenters. The van der Waals surface area contributed by atoms with E-state index < -0.39 is 18.8 Å². The van der Waals surface area contributed by atoms with Gasteiger partial charge < -0.3 is 15.2 Å². The van der Waals surface area contributed by atoms with Crippen molar-refractivity contribution in [3.63, 3.8) is 0 Å². The molecule has 0 radical (unpaired) electrons. The van der Waals surface area contributed by atoms with E-state index in [1.807, 2.05) is 0 Å². The fraction of sp³-hybridized carbons (Fsp3) is 0.556. The number of hydrogen-bond donors (Lipinski definition) is 2. The zero-order valence-electron chi connectivity index (χ0n) is 8.54. The average Bonchev–Trinajstić information content (AvgIpc) is 2.63. The summed E-state index contributed by atoms with van der Waals surface area (Å²) in [5, 5.41) is 13.0. The Bertz CT molecular complexity index is 327. The first-order valence-corrected chi connectivity index (χ1v) is 5.39. The molecule has 0 amide bonds. The molecule has 7 heteroatoms. The lowest BCUT2D eigenvalue weighted by molar-refractivity contribution is -0.201. The van der Waals surface area contributed by atoms with E-state index in [4.69, 9.17) is 9.84 Å². The Morgan fingerprint density at radius 1 is 1.56 bits per heavy atom. The van der Waals surface area contributed by atoms with Gasteiger partial charge in [0.25, 0.3) is 0 Å². The maximum Gasteiger partial charge on any atom is 0.415 e. The third kappa shape index (κ3) is 3.66. The number of halogens is 3. The molecule has 16 heavy (non-hydrogen) atoms. The standard InChI is InChI=1S/C9H12F3NO2S/c1-15-6-2-3-16-7(6)4-13-5-8(14)9(10,11)12/h2-3,8,13-14H,4-5H2,1H3. The van der Waals surface area contributed by atoms with Gasteiger partial charge >= 0.3 is 6.18 Å². The normalized spacial score (nSPS) is 13.8. The van der Waals surface area contributed by atoms with Gasteiger partial charge in [-0.05, 0) is 11.4 Å². The maximum absolute atomic E-state index is 11.9. The molecule has 1 rings (SSSR count). The zero-order valence-corrected chi connectivity index (χ0v) is 9.36. The van der Waals surface area contributed by atoms with Crippen molar-refractivity contribution in [1.29, 1.82) is 0 Å². The van der Waals surface area contributed by atoms with Gasteiger partial charge in [0.1, 0.15) is 5.75 Å². The molecule has 0 aliphatic heterocycles. The summed E-state index contributed by atoms with van der Waals surface area (Å²) in [5.41, 5.74) is 0. The van der Waals surface area contributed by atoms with E-state index in [9.17, 15) is 13.2 Å². The summed E-state index contributed by atoms with van der Waals surface area (Å²) < 4.78 is 40.8. The number of aliphatic hydroxyl groups excluding tert-OH is 1. The lowest BCUT2D eigenvalue weighted by Crippen LogP contribution is -2.38. The molecular formula is C9H12F3NO2S. The van der Waals surface area contributed by atoms with Crippen molar-refractivity contribution in [3.05, 3.63) is 16.3 Å². The molecular weight excluding hydrogens is 243 g/mol. The van der Waals surface area contributed by atoms with E-state index in [1.54, 1.807) is 11.4 Å². The van der Waals surface area contributed by atoms with Gasteiger partial charge in [-0.15, -0.1) is 11.3 Å². The van der Waals surface area contributed by atoms with Crippen LogP contribution >= 0.6 is 11.3 Å². The first-order chi connectivity index (χ1) is 7.45. The van der Waals surface area contributed by atoms with Crippen molar-refractivity contribution in [1.82, 2.24) is 5.32 Å². The third-order valence-electron chi connectivity index (χ3n) is 1.93. The molecule has 0 aliphatic carbocycles. The van der Waals surface area contributed by atoms with Crippen LogP contribution in [0.1, 0.15) is 4.88 Å². The van der Waals surface area contributed by atoms with Crippen LogP contribution < -0.4 is 10.1 Å². The van der Waals surface area contributed by atoms with Crippen LogP contribution in [0.5, 0.6) is 5.75 Å². The van der Waals surface area contributed by atoms with Crippen molar-refractivity contribution < 1.29 is 23.0 Å². The van der Waals surface area contributed by atoms with Gasteiger partial charge in [-0.2, -0.15) is 13.2 Å². The summed E-state index contributed by atoms with van der Waals surface area (Å²) in [4.78, 5) is 0.803. The number of nitrogens with one attached hydrogen (secondary N) is 1. The van der Waals surface area contributed by atoms with E-state index in [0.717, 1.165) is 4.88 Å². The molecule has 1 atom stereocenters. The summed E-state index contributed by atoms with van der Waals surface area (Å²) in [5.74, 6) is 0.638. The highest BCUT2D eigenvalue weighted by Crippen LogP contribution is 2.24. The highest BCUT2D eigenvalue weighted by molar-refractivity contribution is 7.10. The number of alkyl halides is 3. The van der Waals surface area contributed by atoms with E-state index in [2.05, 4.69) is 5.32 Å². The van der Waals surface area contributed by atoms with Crippen LogP contribution in [0.4, 0.5) is 13.2 Å². The lowest BCUT2D eigenvalue weighted by atomic mass is 10.3. The van der Waals surface area contributed by atoms with Gasteiger partial charge in [0.15, 0.2) is 6.10 Å². The molecule has 0 bridgehead atoms. The molecule has 2 N–H and O–H groups in total. The molecule has 1 heterocycles. The van der Waals surface area contributed by atoms with Crippen LogP contribution in [0.3, 0.4) is 0 Å². The summed E-state index contributed by atoms with van der Waals surface area (Å²) in [6.07, 6.45) is -6.91. The molecule has 1 aromatic heterocycles. The van der Waals surface area contributed by atoms with Crippen molar-refractivity contribution >= 4 is 11.3 Å². The van der Waals surface area contributed by atoms with Crippen molar-refractivity contribution in [2.75, 3.05) is 13.7 Å². The molecule has 3 nitrogen and oxygen atoms in total. The minimum absolute atomic E-state index is 0.244. The van der Waals surface area contributed by atoms with E-state index in [-0.39, 0.29) is 6.54 Å². The highest BCUT2D eigenvalue weighted by Gasteiger charge is 2.37. The molecule has 0 saturated heterocycles. The van der Waals surface area contributed by atoms with Crippen molar-refractivity contribution in [3.8, 4) is 5.75 Å². The van der Waals surface area contributed by atoms with Crippen LogP contribution in [-0.2, 0) is 6.54 Å². The third-order valence-corrected chi connectivity index (χ3v) is 2.83.